The summed E-state index contributed by atoms with van der Waals surface area (Å²) in [6.07, 6.45) is -8.08. The summed E-state index contributed by atoms with van der Waals surface area (Å²) < 4.78 is 85.6. The zero-order valence-electron chi connectivity index (χ0n) is 18.0. The third-order valence-corrected chi connectivity index (χ3v) is 6.24. The molecule has 190 valence electrons. The second-order valence-corrected chi connectivity index (χ2v) is 8.43. The van der Waals surface area contributed by atoms with Gasteiger partial charge < -0.3 is 15.5 Å². The van der Waals surface area contributed by atoms with Crippen molar-refractivity contribution >= 4 is 39.1 Å². The number of fused-ring (bicyclic) bond motifs is 1. The van der Waals surface area contributed by atoms with Crippen molar-refractivity contribution in [2.24, 2.45) is 5.73 Å². The molecule has 0 saturated heterocycles. The molecule has 36 heavy (non-hydrogen) atoms. The smallest absolute Gasteiger partial charge is 0.282 e. The third kappa shape index (κ3) is 4.53. The first kappa shape index (κ1) is 25.2. The van der Waals surface area contributed by atoms with Gasteiger partial charge in [0, 0.05) is 10.9 Å². The van der Waals surface area contributed by atoms with Crippen LogP contribution in [-0.4, -0.2) is 26.6 Å². The Morgan fingerprint density at radius 2 is 1.78 bits per heavy atom. The maximum Gasteiger partial charge on any atom is 0.282 e. The van der Waals surface area contributed by atoms with E-state index in [1.54, 1.807) is 0 Å². The Bertz CT molecular complexity index is 1430. The van der Waals surface area contributed by atoms with Crippen LogP contribution in [0.3, 0.4) is 0 Å². The van der Waals surface area contributed by atoms with Crippen LogP contribution in [0.25, 0.3) is 21.5 Å². The van der Waals surface area contributed by atoms with Crippen molar-refractivity contribution in [3.63, 3.8) is 0 Å². The lowest BCUT2D eigenvalue weighted by Crippen LogP contribution is -2.27. The lowest BCUT2D eigenvalue weighted by molar-refractivity contribution is -0.119. The van der Waals surface area contributed by atoms with Gasteiger partial charge in [-0.25, -0.2) is 31.3 Å². The van der Waals surface area contributed by atoms with Gasteiger partial charge in [0.2, 0.25) is 5.91 Å². The predicted molar refractivity (Wildman–Crippen MR) is 116 cm³/mol. The fourth-order valence-corrected chi connectivity index (χ4v) is 4.51. The normalized spacial score (nSPS) is 12.7. The molecule has 3 N–H and O–H groups in total. The zero-order chi connectivity index (χ0) is 26.3. The van der Waals surface area contributed by atoms with Crippen molar-refractivity contribution < 1.29 is 40.3 Å². The molecule has 0 aliphatic carbocycles. The van der Waals surface area contributed by atoms with Crippen molar-refractivity contribution in [1.29, 1.82) is 0 Å². The van der Waals surface area contributed by atoms with Crippen LogP contribution in [0.5, 0.6) is 0 Å². The molecule has 0 fully saturated rings. The number of hydrogen-bond acceptors (Lipinski definition) is 6. The summed E-state index contributed by atoms with van der Waals surface area (Å²) in [5.41, 5.74) is 2.76. The number of pyridine rings is 1. The summed E-state index contributed by atoms with van der Waals surface area (Å²) in [5, 5.41) is 5.83. The monoisotopic (exact) mass is 531 g/mol. The molecule has 4 aromatic rings. The molecule has 0 aromatic carbocycles. The SMILES string of the molecule is CC(C(=O)Nc1c(C(N)=O)sc2nc(C(F)F)cc(-c3ccco3)c12)n1nc(C(F)F)cc1C(F)F. The quantitative estimate of drug-likeness (QED) is 0.276. The fraction of sp³-hybridized carbons (Fsp3) is 0.238. The average molecular weight is 531 g/mol. The zero-order valence-corrected chi connectivity index (χ0v) is 18.8. The van der Waals surface area contributed by atoms with Crippen LogP contribution in [0.15, 0.2) is 34.9 Å². The first-order chi connectivity index (χ1) is 17.0. The van der Waals surface area contributed by atoms with E-state index < -0.39 is 54.2 Å². The van der Waals surface area contributed by atoms with Crippen LogP contribution < -0.4 is 11.1 Å². The van der Waals surface area contributed by atoms with E-state index in [0.29, 0.717) is 22.1 Å². The highest BCUT2D eigenvalue weighted by atomic mass is 32.1. The van der Waals surface area contributed by atoms with E-state index in [0.717, 1.165) is 13.0 Å². The number of furan rings is 1. The summed E-state index contributed by atoms with van der Waals surface area (Å²) >= 11 is 0.624. The summed E-state index contributed by atoms with van der Waals surface area (Å²) in [6.45, 7) is 1.13. The Hall–Kier alpha value is -3.88. The molecule has 1 atom stereocenters. The molecule has 0 spiro atoms. The van der Waals surface area contributed by atoms with Gasteiger partial charge in [0.05, 0.1) is 12.0 Å². The maximum atomic E-state index is 13.5. The molecule has 0 saturated carbocycles. The summed E-state index contributed by atoms with van der Waals surface area (Å²) in [4.78, 5) is 28.7. The number of hydrogen-bond donors (Lipinski definition) is 2. The summed E-state index contributed by atoms with van der Waals surface area (Å²) in [7, 11) is 0. The summed E-state index contributed by atoms with van der Waals surface area (Å²) in [5.74, 6) is -1.95. The Morgan fingerprint density at radius 3 is 2.33 bits per heavy atom. The Kier molecular flexibility index (Phi) is 6.75. The van der Waals surface area contributed by atoms with Crippen LogP contribution in [0, 0.1) is 0 Å². The van der Waals surface area contributed by atoms with E-state index in [1.165, 1.54) is 18.4 Å². The van der Waals surface area contributed by atoms with Crippen LogP contribution in [0.1, 0.15) is 59.0 Å². The van der Waals surface area contributed by atoms with Gasteiger partial charge in [0.25, 0.3) is 25.2 Å². The number of nitrogens with zero attached hydrogens (tertiary/aromatic N) is 3. The molecule has 0 bridgehead atoms. The second-order valence-electron chi connectivity index (χ2n) is 7.43. The molecule has 0 radical (unpaired) electrons. The Labute approximate surface area is 201 Å². The predicted octanol–water partition coefficient (Wildman–Crippen LogP) is 5.86. The van der Waals surface area contributed by atoms with E-state index in [1.807, 2.05) is 0 Å². The van der Waals surface area contributed by atoms with Crippen molar-refractivity contribution in [1.82, 2.24) is 14.8 Å². The molecular weight excluding hydrogens is 516 g/mol. The highest BCUT2D eigenvalue weighted by Gasteiger charge is 2.30. The first-order valence-electron chi connectivity index (χ1n) is 10.0. The Morgan fingerprint density at radius 1 is 1.08 bits per heavy atom. The lowest BCUT2D eigenvalue weighted by Gasteiger charge is -2.16. The number of carbonyl (C=O) groups excluding carboxylic acids is 2. The van der Waals surface area contributed by atoms with Crippen molar-refractivity contribution in [2.75, 3.05) is 5.32 Å². The second kappa shape index (κ2) is 9.64. The summed E-state index contributed by atoms with van der Waals surface area (Å²) in [6, 6.07) is 2.88. The van der Waals surface area contributed by atoms with Gasteiger partial charge in [0.15, 0.2) is 0 Å². The highest BCUT2D eigenvalue weighted by Crippen LogP contribution is 2.43. The van der Waals surface area contributed by atoms with Crippen LogP contribution in [0.4, 0.5) is 32.0 Å². The minimum absolute atomic E-state index is 0.0384. The molecule has 4 heterocycles. The molecule has 15 heteroatoms. The van der Waals surface area contributed by atoms with Crippen molar-refractivity contribution in [2.45, 2.75) is 32.2 Å². The van der Waals surface area contributed by atoms with Gasteiger partial charge in [-0.3, -0.25) is 14.3 Å². The average Bonchev–Trinajstić information content (AvgIpc) is 3.56. The number of halogens is 6. The molecule has 4 aromatic heterocycles. The number of alkyl halides is 6. The van der Waals surface area contributed by atoms with E-state index in [2.05, 4.69) is 15.4 Å². The highest BCUT2D eigenvalue weighted by molar-refractivity contribution is 7.21. The number of thiophene rings is 1. The number of nitrogens with two attached hydrogens (primary N) is 1. The first-order valence-corrected chi connectivity index (χ1v) is 10.9. The van der Waals surface area contributed by atoms with E-state index in [4.69, 9.17) is 10.2 Å². The number of carbonyl (C=O) groups is 2. The molecule has 0 aliphatic rings. The lowest BCUT2D eigenvalue weighted by atomic mass is 10.1. The topological polar surface area (TPSA) is 116 Å². The van der Waals surface area contributed by atoms with E-state index in [-0.39, 0.29) is 32.1 Å². The number of aromatic nitrogens is 3. The molecule has 2 amide bonds. The molecule has 8 nitrogen and oxygen atoms in total. The van der Waals surface area contributed by atoms with Crippen LogP contribution in [0.2, 0.25) is 0 Å². The fourth-order valence-electron chi connectivity index (χ4n) is 3.50. The van der Waals surface area contributed by atoms with Gasteiger partial charge in [-0.05, 0) is 31.2 Å². The Balaban J connectivity index is 1.84. The van der Waals surface area contributed by atoms with Crippen molar-refractivity contribution in [3.05, 3.63) is 52.5 Å². The number of anilines is 1. The number of nitrogens with one attached hydrogen (secondary N) is 1. The number of primary amides is 1. The van der Waals surface area contributed by atoms with Gasteiger partial charge >= 0.3 is 0 Å². The molecule has 0 aliphatic heterocycles. The molecule has 1 unspecified atom stereocenters. The largest absolute Gasteiger partial charge is 0.464 e. The molecule has 4 rings (SSSR count). The van der Waals surface area contributed by atoms with Gasteiger partial charge in [-0.1, -0.05) is 0 Å². The van der Waals surface area contributed by atoms with Gasteiger partial charge in [-0.2, -0.15) is 5.10 Å². The van der Waals surface area contributed by atoms with Gasteiger partial charge in [0.1, 0.15) is 38.6 Å². The van der Waals surface area contributed by atoms with Crippen molar-refractivity contribution in [3.8, 4) is 11.3 Å². The van der Waals surface area contributed by atoms with E-state index >= 15 is 0 Å². The van der Waals surface area contributed by atoms with Crippen LogP contribution in [-0.2, 0) is 4.79 Å². The van der Waals surface area contributed by atoms with E-state index in [9.17, 15) is 35.9 Å². The number of rotatable bonds is 8. The minimum Gasteiger partial charge on any atom is -0.464 e. The van der Waals surface area contributed by atoms with Crippen LogP contribution >= 0.6 is 11.3 Å². The number of amides is 2. The molecular formula is C21H15F6N5O3S. The standard InChI is InChI=1S/C21H15F6N5O3S/c1-7(32-11(18(26)27)6-10(31-32)17(24)25)20(34)30-14-13-8(12-3-2-4-35-12)5-9(16(22)23)29-21(13)36-15(14)19(28)33/h2-7,16-18H,1H3,(H2,28,33)(H,30,34). The maximum absolute atomic E-state index is 13.5. The third-order valence-electron chi connectivity index (χ3n) is 5.14. The van der Waals surface area contributed by atoms with Gasteiger partial charge in [-0.15, -0.1) is 11.3 Å². The minimum atomic E-state index is -3.22.